The third-order valence-electron chi connectivity index (χ3n) is 4.53. The molecule has 1 aliphatic rings. The lowest BCUT2D eigenvalue weighted by molar-refractivity contribution is 0.0949. The lowest BCUT2D eigenvalue weighted by Gasteiger charge is -2.26. The Morgan fingerprint density at radius 3 is 3.12 bits per heavy atom. The second-order valence-corrected chi connectivity index (χ2v) is 7.55. The van der Waals surface area contributed by atoms with Crippen molar-refractivity contribution in [3.63, 3.8) is 0 Å². The van der Waals surface area contributed by atoms with E-state index in [1.165, 1.54) is 10.4 Å². The molecule has 0 bridgehead atoms. The molecule has 25 heavy (non-hydrogen) atoms. The van der Waals surface area contributed by atoms with Crippen LogP contribution in [0.2, 0.25) is 5.15 Å². The van der Waals surface area contributed by atoms with Gasteiger partial charge in [-0.25, -0.2) is 4.98 Å². The highest BCUT2D eigenvalue weighted by Gasteiger charge is 2.17. The van der Waals surface area contributed by atoms with Crippen LogP contribution in [0, 0.1) is 0 Å². The van der Waals surface area contributed by atoms with Crippen molar-refractivity contribution in [3.8, 4) is 0 Å². The smallest absolute Gasteiger partial charge is 0.252 e. The fraction of sp³-hybridized carbons (Fsp3) is 0.263. The molecule has 0 aliphatic carbocycles. The molecular formula is C19H18ClN3OS. The molecule has 6 heteroatoms. The molecule has 3 heterocycles. The van der Waals surface area contributed by atoms with Crippen molar-refractivity contribution in [2.24, 2.45) is 0 Å². The number of benzene rings is 1. The van der Waals surface area contributed by atoms with Gasteiger partial charge in [0.1, 0.15) is 5.15 Å². The summed E-state index contributed by atoms with van der Waals surface area (Å²) in [4.78, 5) is 20.7. The van der Waals surface area contributed by atoms with Gasteiger partial charge in [0.2, 0.25) is 0 Å². The first-order valence-corrected chi connectivity index (χ1v) is 9.57. The van der Waals surface area contributed by atoms with Gasteiger partial charge in [0, 0.05) is 36.4 Å². The molecule has 4 rings (SSSR count). The Hall–Kier alpha value is -1.95. The predicted molar refractivity (Wildman–Crippen MR) is 102 cm³/mol. The first-order valence-electron chi connectivity index (χ1n) is 8.32. The molecule has 0 spiro atoms. The number of fused-ring (bicyclic) bond motifs is 2. The number of rotatable bonds is 4. The van der Waals surface area contributed by atoms with Gasteiger partial charge in [0.25, 0.3) is 5.91 Å². The van der Waals surface area contributed by atoms with Gasteiger partial charge in [0.15, 0.2) is 0 Å². The lowest BCUT2D eigenvalue weighted by Crippen LogP contribution is -2.37. The van der Waals surface area contributed by atoms with Crippen LogP contribution in [0.3, 0.4) is 0 Å². The van der Waals surface area contributed by atoms with Crippen LogP contribution in [0.25, 0.3) is 10.9 Å². The Balaban J connectivity index is 1.40. The van der Waals surface area contributed by atoms with Gasteiger partial charge in [-0.3, -0.25) is 9.69 Å². The van der Waals surface area contributed by atoms with Crippen LogP contribution in [0.5, 0.6) is 0 Å². The average molecular weight is 372 g/mol. The lowest BCUT2D eigenvalue weighted by atomic mass is 10.1. The summed E-state index contributed by atoms with van der Waals surface area (Å²) in [5, 5.41) is 6.34. The molecule has 0 unspecified atom stereocenters. The summed E-state index contributed by atoms with van der Waals surface area (Å²) >= 11 is 7.90. The number of nitrogens with zero attached hydrogens (tertiary/aromatic N) is 2. The van der Waals surface area contributed by atoms with Crippen LogP contribution < -0.4 is 5.32 Å². The van der Waals surface area contributed by atoms with Crippen LogP contribution in [0.4, 0.5) is 0 Å². The number of halogens is 1. The van der Waals surface area contributed by atoms with Crippen LogP contribution in [-0.2, 0) is 13.0 Å². The van der Waals surface area contributed by atoms with Crippen LogP contribution in [0.15, 0.2) is 41.8 Å². The molecule has 4 nitrogen and oxygen atoms in total. The topological polar surface area (TPSA) is 45.2 Å². The highest BCUT2D eigenvalue weighted by molar-refractivity contribution is 7.10. The maximum atomic E-state index is 12.6. The molecule has 1 amide bonds. The minimum atomic E-state index is -0.103. The zero-order chi connectivity index (χ0) is 17.2. The molecule has 2 aromatic heterocycles. The van der Waals surface area contributed by atoms with E-state index < -0.39 is 0 Å². The molecule has 0 radical (unpaired) electrons. The summed E-state index contributed by atoms with van der Waals surface area (Å²) in [5.74, 6) is -0.103. The number of thiophene rings is 1. The summed E-state index contributed by atoms with van der Waals surface area (Å²) in [6, 6.07) is 11.4. The normalized spacial score (nSPS) is 14.4. The van der Waals surface area contributed by atoms with Crippen molar-refractivity contribution < 1.29 is 4.79 Å². The highest BCUT2D eigenvalue weighted by atomic mass is 35.5. The van der Waals surface area contributed by atoms with Crippen LogP contribution in [0.1, 0.15) is 20.8 Å². The van der Waals surface area contributed by atoms with E-state index in [0.717, 1.165) is 37.0 Å². The predicted octanol–water partition coefficient (Wildman–Crippen LogP) is 3.74. The summed E-state index contributed by atoms with van der Waals surface area (Å²) < 4.78 is 0. The number of amides is 1. The fourth-order valence-electron chi connectivity index (χ4n) is 3.25. The van der Waals surface area contributed by atoms with E-state index in [0.29, 0.717) is 17.3 Å². The number of hydrogen-bond donors (Lipinski definition) is 1. The largest absolute Gasteiger partial charge is 0.351 e. The van der Waals surface area contributed by atoms with E-state index in [-0.39, 0.29) is 5.91 Å². The van der Waals surface area contributed by atoms with Crippen molar-refractivity contribution in [1.29, 1.82) is 0 Å². The van der Waals surface area contributed by atoms with E-state index in [1.807, 2.05) is 35.6 Å². The maximum Gasteiger partial charge on any atom is 0.252 e. The Labute approximate surface area is 155 Å². The molecule has 1 aromatic carbocycles. The van der Waals surface area contributed by atoms with Crippen molar-refractivity contribution in [3.05, 3.63) is 62.9 Å². The summed E-state index contributed by atoms with van der Waals surface area (Å²) in [6.07, 6.45) is 1.10. The first-order chi connectivity index (χ1) is 12.2. The second-order valence-electron chi connectivity index (χ2n) is 6.16. The number of pyridine rings is 1. The number of nitrogens with one attached hydrogen (secondary N) is 1. The number of hydrogen-bond acceptors (Lipinski definition) is 4. The monoisotopic (exact) mass is 371 g/mol. The second kappa shape index (κ2) is 7.12. The van der Waals surface area contributed by atoms with Gasteiger partial charge in [-0.15, -0.1) is 11.3 Å². The number of carbonyl (C=O) groups excluding carboxylic acids is 1. The van der Waals surface area contributed by atoms with E-state index in [2.05, 4.69) is 26.6 Å². The third-order valence-corrected chi connectivity index (χ3v) is 5.75. The summed E-state index contributed by atoms with van der Waals surface area (Å²) in [7, 11) is 0. The Kier molecular flexibility index (Phi) is 4.70. The molecule has 1 aliphatic heterocycles. The number of aromatic nitrogens is 1. The molecule has 1 N–H and O–H groups in total. The van der Waals surface area contributed by atoms with E-state index in [9.17, 15) is 4.79 Å². The Morgan fingerprint density at radius 2 is 2.20 bits per heavy atom. The average Bonchev–Trinajstić information content (AvgIpc) is 3.08. The van der Waals surface area contributed by atoms with E-state index in [1.54, 1.807) is 6.07 Å². The Morgan fingerprint density at radius 1 is 1.32 bits per heavy atom. The first kappa shape index (κ1) is 16.5. The van der Waals surface area contributed by atoms with E-state index in [4.69, 9.17) is 11.6 Å². The molecule has 0 fully saturated rings. The van der Waals surface area contributed by atoms with Crippen LogP contribution >= 0.6 is 22.9 Å². The SMILES string of the molecule is O=C(NCCN1CCc2sccc2C1)c1cc(Cl)nc2ccccc12. The maximum absolute atomic E-state index is 12.6. The number of para-hydroxylation sites is 1. The van der Waals surface area contributed by atoms with Gasteiger partial charge in [-0.1, -0.05) is 29.8 Å². The van der Waals surface area contributed by atoms with Gasteiger partial charge in [0.05, 0.1) is 11.1 Å². The third kappa shape index (κ3) is 3.54. The molecule has 0 atom stereocenters. The molecular weight excluding hydrogens is 354 g/mol. The highest BCUT2D eigenvalue weighted by Crippen LogP contribution is 2.24. The minimum Gasteiger partial charge on any atom is -0.351 e. The van der Waals surface area contributed by atoms with Gasteiger partial charge < -0.3 is 5.32 Å². The van der Waals surface area contributed by atoms with Crippen LogP contribution in [-0.4, -0.2) is 35.4 Å². The quantitative estimate of drug-likeness (QED) is 0.710. The molecule has 0 saturated carbocycles. The summed E-state index contributed by atoms with van der Waals surface area (Å²) in [5.41, 5.74) is 2.74. The number of carbonyl (C=O) groups is 1. The van der Waals surface area contributed by atoms with Crippen molar-refractivity contribution in [2.45, 2.75) is 13.0 Å². The zero-order valence-electron chi connectivity index (χ0n) is 13.7. The van der Waals surface area contributed by atoms with Gasteiger partial charge in [-0.05, 0) is 35.6 Å². The van der Waals surface area contributed by atoms with E-state index >= 15 is 0 Å². The van der Waals surface area contributed by atoms with Gasteiger partial charge >= 0.3 is 0 Å². The molecule has 0 saturated heterocycles. The Bertz CT molecular complexity index is 924. The standard InChI is InChI=1S/C19H18ClN3OS/c20-18-11-15(14-3-1-2-4-16(14)22-18)19(24)21-7-9-23-8-5-17-13(12-23)6-10-25-17/h1-4,6,10-11H,5,7-9,12H2,(H,21,24). The fourth-order valence-corrected chi connectivity index (χ4v) is 4.34. The minimum absolute atomic E-state index is 0.103. The van der Waals surface area contributed by atoms with Crippen molar-refractivity contribution >= 4 is 39.7 Å². The van der Waals surface area contributed by atoms with Crippen molar-refractivity contribution in [2.75, 3.05) is 19.6 Å². The zero-order valence-corrected chi connectivity index (χ0v) is 15.2. The molecule has 3 aromatic rings. The summed E-state index contributed by atoms with van der Waals surface area (Å²) in [6.45, 7) is 3.48. The van der Waals surface area contributed by atoms with Crippen molar-refractivity contribution in [1.82, 2.24) is 15.2 Å². The van der Waals surface area contributed by atoms with Gasteiger partial charge in [-0.2, -0.15) is 0 Å². The molecule has 128 valence electrons.